The molecule has 29 heavy (non-hydrogen) atoms. The second kappa shape index (κ2) is 8.82. The third-order valence-corrected chi connectivity index (χ3v) is 5.82. The molecule has 1 amide bonds. The van der Waals surface area contributed by atoms with Crippen molar-refractivity contribution < 1.29 is 9.53 Å². The van der Waals surface area contributed by atoms with E-state index in [1.165, 1.54) is 16.7 Å². The van der Waals surface area contributed by atoms with E-state index in [9.17, 15) is 4.79 Å². The number of nitrogens with zero attached hydrogens (tertiary/aromatic N) is 1. The molecule has 1 heterocycles. The number of benzene rings is 3. The maximum Gasteiger partial charge on any atom is 0.270 e. The molecule has 0 atom stereocenters. The normalized spacial score (nSPS) is 15.2. The highest BCUT2D eigenvalue weighted by atomic mass is 35.5. The van der Waals surface area contributed by atoms with Crippen molar-refractivity contribution in [1.82, 2.24) is 0 Å². The molecule has 6 heteroatoms. The Balaban J connectivity index is 1.46. The first-order chi connectivity index (χ1) is 14.1. The van der Waals surface area contributed by atoms with E-state index in [1.807, 2.05) is 66.7 Å². The Kier molecular flexibility index (Phi) is 6.00. The number of thioether (sulfide) groups is 1. The zero-order valence-electron chi connectivity index (χ0n) is 15.2. The van der Waals surface area contributed by atoms with Gasteiger partial charge in [0.2, 0.25) is 0 Å². The number of hydrogen-bond donors (Lipinski definition) is 0. The summed E-state index contributed by atoms with van der Waals surface area (Å²) in [6, 6.07) is 24.8. The van der Waals surface area contributed by atoms with Crippen molar-refractivity contribution in [2.75, 3.05) is 4.90 Å². The molecule has 144 valence electrons. The Hall–Kier alpha value is -2.60. The van der Waals surface area contributed by atoms with E-state index in [-0.39, 0.29) is 5.91 Å². The first-order valence-electron chi connectivity index (χ1n) is 8.90. The highest BCUT2D eigenvalue weighted by Crippen LogP contribution is 2.36. The van der Waals surface area contributed by atoms with E-state index in [0.717, 1.165) is 16.9 Å². The molecule has 0 radical (unpaired) electrons. The largest absolute Gasteiger partial charge is 0.489 e. The van der Waals surface area contributed by atoms with E-state index >= 15 is 0 Å². The Morgan fingerprint density at radius 1 is 1.00 bits per heavy atom. The number of ether oxygens (including phenoxy) is 1. The summed E-state index contributed by atoms with van der Waals surface area (Å²) >= 11 is 12.7. The van der Waals surface area contributed by atoms with Gasteiger partial charge in [-0.2, -0.15) is 0 Å². The predicted molar refractivity (Wildman–Crippen MR) is 124 cm³/mol. The van der Waals surface area contributed by atoms with Crippen LogP contribution in [0.15, 0.2) is 83.8 Å². The van der Waals surface area contributed by atoms with Crippen molar-refractivity contribution in [3.8, 4) is 5.75 Å². The van der Waals surface area contributed by atoms with Crippen molar-refractivity contribution in [1.29, 1.82) is 0 Å². The Morgan fingerprint density at radius 3 is 2.48 bits per heavy atom. The number of rotatable bonds is 5. The summed E-state index contributed by atoms with van der Waals surface area (Å²) in [6.07, 6.45) is 1.84. The topological polar surface area (TPSA) is 29.5 Å². The molecule has 0 aromatic heterocycles. The van der Waals surface area contributed by atoms with Crippen molar-refractivity contribution in [3.05, 3.63) is 99.9 Å². The third-order valence-electron chi connectivity index (χ3n) is 4.29. The molecule has 3 aromatic carbocycles. The minimum Gasteiger partial charge on any atom is -0.489 e. The minimum absolute atomic E-state index is 0.147. The monoisotopic (exact) mass is 437 g/mol. The molecular weight excluding hydrogens is 422 g/mol. The van der Waals surface area contributed by atoms with Crippen molar-refractivity contribution in [2.24, 2.45) is 0 Å². The van der Waals surface area contributed by atoms with E-state index in [1.54, 1.807) is 18.2 Å². The van der Waals surface area contributed by atoms with Gasteiger partial charge < -0.3 is 4.74 Å². The quantitative estimate of drug-likeness (QED) is 0.345. The van der Waals surface area contributed by atoms with Crippen LogP contribution in [0.4, 0.5) is 5.69 Å². The molecule has 1 aliphatic heterocycles. The molecule has 0 saturated carbocycles. The minimum atomic E-state index is -0.147. The van der Waals surface area contributed by atoms with Gasteiger partial charge >= 0.3 is 0 Å². The summed E-state index contributed by atoms with van der Waals surface area (Å²) in [5, 5.41) is 0.562. The van der Waals surface area contributed by atoms with Gasteiger partial charge in [-0.05, 0) is 47.5 Å². The van der Waals surface area contributed by atoms with E-state index in [0.29, 0.717) is 26.5 Å². The zero-order valence-corrected chi connectivity index (χ0v) is 17.6. The smallest absolute Gasteiger partial charge is 0.270 e. The molecule has 0 bridgehead atoms. The first kappa shape index (κ1) is 19.7. The average molecular weight is 438 g/mol. The van der Waals surface area contributed by atoms with Crippen LogP contribution in [0.2, 0.25) is 5.02 Å². The van der Waals surface area contributed by atoms with Crippen LogP contribution in [0.3, 0.4) is 0 Å². The average Bonchev–Trinajstić information content (AvgIpc) is 3.01. The maximum absolute atomic E-state index is 12.8. The van der Waals surface area contributed by atoms with Crippen LogP contribution in [-0.2, 0) is 11.4 Å². The van der Waals surface area contributed by atoms with Crippen LogP contribution in [0.25, 0.3) is 6.08 Å². The third kappa shape index (κ3) is 4.70. The van der Waals surface area contributed by atoms with Crippen molar-refractivity contribution in [3.63, 3.8) is 0 Å². The summed E-state index contributed by atoms with van der Waals surface area (Å²) < 4.78 is 6.30. The molecule has 1 fully saturated rings. The summed E-state index contributed by atoms with van der Waals surface area (Å²) in [6.45, 7) is 0.512. The van der Waals surface area contributed by atoms with Gasteiger partial charge in [-0.15, -0.1) is 0 Å². The molecule has 0 N–H and O–H groups in total. The number of carbonyl (C=O) groups excluding carboxylic acids is 1. The van der Waals surface area contributed by atoms with Gasteiger partial charge in [0.05, 0.1) is 10.6 Å². The summed E-state index contributed by atoms with van der Waals surface area (Å²) in [7, 11) is 0. The highest BCUT2D eigenvalue weighted by molar-refractivity contribution is 8.27. The lowest BCUT2D eigenvalue weighted by Crippen LogP contribution is -2.27. The van der Waals surface area contributed by atoms with Gasteiger partial charge in [-0.1, -0.05) is 84.1 Å². The molecule has 0 spiro atoms. The van der Waals surface area contributed by atoms with Crippen LogP contribution in [0.1, 0.15) is 11.1 Å². The van der Waals surface area contributed by atoms with Gasteiger partial charge in [0.1, 0.15) is 12.4 Å². The fourth-order valence-electron chi connectivity index (χ4n) is 2.86. The predicted octanol–water partition coefficient (Wildman–Crippen LogP) is 6.32. The van der Waals surface area contributed by atoms with Gasteiger partial charge in [0, 0.05) is 5.02 Å². The van der Waals surface area contributed by atoms with Crippen LogP contribution in [0, 0.1) is 0 Å². The number of halogens is 1. The number of amides is 1. The zero-order chi connectivity index (χ0) is 20.2. The molecule has 0 aliphatic carbocycles. The van der Waals surface area contributed by atoms with Crippen LogP contribution >= 0.6 is 35.6 Å². The molecular formula is C23H16ClNO2S2. The molecule has 3 aromatic rings. The SMILES string of the molecule is O=C1/C(=C/c2ccc(OCc3ccccc3)cc2)SC(=S)N1c1cccc(Cl)c1. The standard InChI is InChI=1S/C23H16ClNO2S2/c24-18-7-4-8-19(14-18)25-22(26)21(29-23(25)28)13-16-9-11-20(12-10-16)27-15-17-5-2-1-3-6-17/h1-14H,15H2/b21-13-. The van der Waals surface area contributed by atoms with Gasteiger partial charge in [0.15, 0.2) is 4.32 Å². The summed E-state index contributed by atoms with van der Waals surface area (Å²) in [5.74, 6) is 0.629. The number of carbonyl (C=O) groups is 1. The van der Waals surface area contributed by atoms with Gasteiger partial charge in [0.25, 0.3) is 5.91 Å². The van der Waals surface area contributed by atoms with E-state index in [2.05, 4.69) is 0 Å². The fourth-order valence-corrected chi connectivity index (χ4v) is 4.34. The highest BCUT2D eigenvalue weighted by Gasteiger charge is 2.33. The Labute approximate surface area is 183 Å². The lowest BCUT2D eigenvalue weighted by Gasteiger charge is -2.14. The van der Waals surface area contributed by atoms with Gasteiger partial charge in [-0.3, -0.25) is 9.69 Å². The van der Waals surface area contributed by atoms with E-state index < -0.39 is 0 Å². The lowest BCUT2D eigenvalue weighted by atomic mass is 10.2. The first-order valence-corrected chi connectivity index (χ1v) is 10.5. The Morgan fingerprint density at radius 2 is 1.76 bits per heavy atom. The van der Waals surface area contributed by atoms with Crippen molar-refractivity contribution >= 4 is 57.6 Å². The molecule has 3 nitrogen and oxygen atoms in total. The van der Waals surface area contributed by atoms with E-state index in [4.69, 9.17) is 28.6 Å². The van der Waals surface area contributed by atoms with Gasteiger partial charge in [-0.25, -0.2) is 0 Å². The van der Waals surface area contributed by atoms with Crippen LogP contribution in [-0.4, -0.2) is 10.2 Å². The maximum atomic E-state index is 12.8. The molecule has 4 rings (SSSR count). The number of anilines is 1. The molecule has 1 saturated heterocycles. The second-order valence-corrected chi connectivity index (χ2v) is 8.45. The summed E-state index contributed by atoms with van der Waals surface area (Å²) in [5.41, 5.74) is 2.69. The van der Waals surface area contributed by atoms with Crippen LogP contribution in [0.5, 0.6) is 5.75 Å². The number of hydrogen-bond acceptors (Lipinski definition) is 4. The second-order valence-electron chi connectivity index (χ2n) is 6.34. The number of thiocarbonyl (C=S) groups is 1. The molecule has 1 aliphatic rings. The Bertz CT molecular complexity index is 1080. The summed E-state index contributed by atoms with van der Waals surface area (Å²) in [4.78, 5) is 14.9. The van der Waals surface area contributed by atoms with Crippen LogP contribution < -0.4 is 9.64 Å². The van der Waals surface area contributed by atoms with Crippen molar-refractivity contribution in [2.45, 2.75) is 6.61 Å². The fraction of sp³-hybridized carbons (Fsp3) is 0.0435. The molecule has 0 unspecified atom stereocenters. The lowest BCUT2D eigenvalue weighted by molar-refractivity contribution is -0.113.